The van der Waals surface area contributed by atoms with E-state index in [2.05, 4.69) is 53.6 Å². The van der Waals surface area contributed by atoms with E-state index in [0.29, 0.717) is 6.04 Å². The number of hydrogen-bond donors (Lipinski definition) is 2. The van der Waals surface area contributed by atoms with Crippen LogP contribution in [0, 0.1) is 0 Å². The molecule has 6 heteroatoms. The van der Waals surface area contributed by atoms with E-state index in [-0.39, 0.29) is 24.0 Å². The summed E-state index contributed by atoms with van der Waals surface area (Å²) in [5.41, 5.74) is 2.70. The number of halogens is 1. The molecule has 0 radical (unpaired) electrons. The van der Waals surface area contributed by atoms with Gasteiger partial charge in [0.05, 0.1) is 13.2 Å². The maximum Gasteiger partial charge on any atom is 0.191 e. The van der Waals surface area contributed by atoms with Gasteiger partial charge in [-0.05, 0) is 37.3 Å². The molecule has 148 valence electrons. The summed E-state index contributed by atoms with van der Waals surface area (Å²) in [6, 6.07) is 9.08. The van der Waals surface area contributed by atoms with Crippen LogP contribution in [0.3, 0.4) is 0 Å². The molecule has 26 heavy (non-hydrogen) atoms. The fourth-order valence-corrected chi connectivity index (χ4v) is 3.26. The van der Waals surface area contributed by atoms with Crippen LogP contribution in [0.2, 0.25) is 0 Å². The van der Waals surface area contributed by atoms with E-state index in [4.69, 9.17) is 9.73 Å². The van der Waals surface area contributed by atoms with Gasteiger partial charge in [-0.25, -0.2) is 4.99 Å². The summed E-state index contributed by atoms with van der Waals surface area (Å²) in [5, 5.41) is 7.01. The molecule has 5 nitrogen and oxygen atoms in total. The number of aliphatic imine (C=N–C) groups is 1. The summed E-state index contributed by atoms with van der Waals surface area (Å²) >= 11 is 0. The zero-order chi connectivity index (χ0) is 17.9. The van der Waals surface area contributed by atoms with Crippen molar-refractivity contribution in [1.82, 2.24) is 15.5 Å². The van der Waals surface area contributed by atoms with Gasteiger partial charge in [-0.1, -0.05) is 31.2 Å². The van der Waals surface area contributed by atoms with Crippen LogP contribution in [0.25, 0.3) is 0 Å². The van der Waals surface area contributed by atoms with Gasteiger partial charge in [0.15, 0.2) is 5.96 Å². The average Bonchev–Trinajstić information content (AvgIpc) is 2.66. The lowest BCUT2D eigenvalue weighted by Crippen LogP contribution is -2.49. The van der Waals surface area contributed by atoms with Crippen molar-refractivity contribution in [2.75, 3.05) is 39.9 Å². The summed E-state index contributed by atoms with van der Waals surface area (Å²) in [5.74, 6) is 0.934. The smallest absolute Gasteiger partial charge is 0.191 e. The highest BCUT2D eigenvalue weighted by Crippen LogP contribution is 2.12. The molecule has 0 saturated carbocycles. The summed E-state index contributed by atoms with van der Waals surface area (Å²) in [6.07, 6.45) is 3.36. The van der Waals surface area contributed by atoms with Gasteiger partial charge >= 0.3 is 0 Å². The van der Waals surface area contributed by atoms with Crippen molar-refractivity contribution in [3.63, 3.8) is 0 Å². The Labute approximate surface area is 176 Å². The summed E-state index contributed by atoms with van der Waals surface area (Å²) in [6.45, 7) is 10.0. The van der Waals surface area contributed by atoms with Crippen LogP contribution in [0.1, 0.15) is 37.8 Å². The van der Waals surface area contributed by atoms with Crippen molar-refractivity contribution in [1.29, 1.82) is 0 Å². The molecule has 0 amide bonds. The zero-order valence-electron chi connectivity index (χ0n) is 16.5. The van der Waals surface area contributed by atoms with E-state index in [9.17, 15) is 0 Å². The second kappa shape index (κ2) is 13.3. The van der Waals surface area contributed by atoms with E-state index in [1.807, 2.05) is 0 Å². The van der Waals surface area contributed by atoms with Gasteiger partial charge in [0.1, 0.15) is 0 Å². The number of nitrogens with one attached hydrogen (secondary N) is 2. The van der Waals surface area contributed by atoms with Gasteiger partial charge < -0.3 is 20.3 Å². The molecule has 1 aromatic rings. The molecule has 1 aliphatic heterocycles. The van der Waals surface area contributed by atoms with E-state index in [1.165, 1.54) is 11.1 Å². The van der Waals surface area contributed by atoms with Crippen LogP contribution in [0.4, 0.5) is 0 Å². The quantitative estimate of drug-likeness (QED) is 0.346. The second-order valence-electron chi connectivity index (χ2n) is 6.57. The maximum atomic E-state index is 5.17. The van der Waals surface area contributed by atoms with Crippen molar-refractivity contribution in [3.8, 4) is 0 Å². The second-order valence-corrected chi connectivity index (χ2v) is 6.57. The van der Waals surface area contributed by atoms with Gasteiger partial charge in [0.2, 0.25) is 0 Å². The number of piperidine rings is 1. The molecule has 1 saturated heterocycles. The number of aryl methyl sites for hydroxylation is 1. The van der Waals surface area contributed by atoms with E-state index in [0.717, 1.165) is 64.6 Å². The predicted molar refractivity (Wildman–Crippen MR) is 121 cm³/mol. The van der Waals surface area contributed by atoms with E-state index in [1.54, 1.807) is 7.11 Å². The first kappa shape index (κ1) is 23.2. The molecule has 0 atom stereocenters. The monoisotopic (exact) mass is 474 g/mol. The minimum Gasteiger partial charge on any atom is -0.383 e. The largest absolute Gasteiger partial charge is 0.383 e. The molecule has 2 rings (SSSR count). The zero-order valence-corrected chi connectivity index (χ0v) is 18.8. The fraction of sp³-hybridized carbons (Fsp3) is 0.650. The Morgan fingerprint density at radius 2 is 1.88 bits per heavy atom. The minimum absolute atomic E-state index is 0. The highest BCUT2D eigenvalue weighted by molar-refractivity contribution is 14.0. The Kier molecular flexibility index (Phi) is 11.9. The Hall–Kier alpha value is -0.860. The fourth-order valence-electron chi connectivity index (χ4n) is 3.26. The number of benzene rings is 1. The van der Waals surface area contributed by atoms with Crippen molar-refractivity contribution in [3.05, 3.63) is 35.4 Å². The first-order chi connectivity index (χ1) is 12.3. The SMILES string of the molecule is CCNC(=NCc1ccccc1CC)NC1CCN(CCOC)CC1.I. The molecule has 1 aromatic carbocycles. The number of methoxy groups -OCH3 is 1. The molecule has 0 unspecified atom stereocenters. The molecule has 1 fully saturated rings. The normalized spacial score (nSPS) is 16.2. The van der Waals surface area contributed by atoms with Gasteiger partial charge in [-0.3, -0.25) is 0 Å². The van der Waals surface area contributed by atoms with Crippen molar-refractivity contribution >= 4 is 29.9 Å². The highest BCUT2D eigenvalue weighted by atomic mass is 127. The first-order valence-electron chi connectivity index (χ1n) is 9.59. The van der Waals surface area contributed by atoms with E-state index < -0.39 is 0 Å². The van der Waals surface area contributed by atoms with Crippen LogP contribution in [-0.4, -0.2) is 56.8 Å². The standard InChI is InChI=1S/C20H34N4O.HI/c1-4-17-8-6-7-9-18(17)16-22-20(21-5-2)23-19-10-12-24(13-11-19)14-15-25-3;/h6-9,19H,4-5,10-16H2,1-3H3,(H2,21,22,23);1H. The third-order valence-corrected chi connectivity index (χ3v) is 4.79. The Morgan fingerprint density at radius 3 is 2.50 bits per heavy atom. The average molecular weight is 474 g/mol. The van der Waals surface area contributed by atoms with Crippen molar-refractivity contribution in [2.45, 2.75) is 45.7 Å². The third-order valence-electron chi connectivity index (χ3n) is 4.79. The lowest BCUT2D eigenvalue weighted by molar-refractivity contribution is 0.128. The molecule has 1 aliphatic rings. The maximum absolute atomic E-state index is 5.17. The third kappa shape index (κ3) is 7.80. The number of likely N-dealkylation sites (tertiary alicyclic amines) is 1. The Morgan fingerprint density at radius 1 is 1.19 bits per heavy atom. The first-order valence-corrected chi connectivity index (χ1v) is 9.59. The number of guanidine groups is 1. The molecule has 0 bridgehead atoms. The lowest BCUT2D eigenvalue weighted by atomic mass is 10.1. The van der Waals surface area contributed by atoms with Gasteiger partial charge in [-0.15, -0.1) is 24.0 Å². The molecule has 0 aromatic heterocycles. The lowest BCUT2D eigenvalue weighted by Gasteiger charge is -2.32. The predicted octanol–water partition coefficient (Wildman–Crippen LogP) is 3.03. The van der Waals surface area contributed by atoms with Crippen LogP contribution in [0.15, 0.2) is 29.3 Å². The number of rotatable bonds is 8. The minimum atomic E-state index is 0. The van der Waals surface area contributed by atoms with Gasteiger partial charge in [0.25, 0.3) is 0 Å². The van der Waals surface area contributed by atoms with Crippen molar-refractivity contribution in [2.24, 2.45) is 4.99 Å². The van der Waals surface area contributed by atoms with E-state index >= 15 is 0 Å². The number of hydrogen-bond acceptors (Lipinski definition) is 3. The van der Waals surface area contributed by atoms with Crippen LogP contribution in [0.5, 0.6) is 0 Å². The van der Waals surface area contributed by atoms with Crippen LogP contribution in [-0.2, 0) is 17.7 Å². The molecular weight excluding hydrogens is 439 g/mol. The molecule has 0 aliphatic carbocycles. The van der Waals surface area contributed by atoms with Gasteiger partial charge in [0, 0.05) is 39.3 Å². The Balaban J connectivity index is 0.00000338. The molecule has 1 heterocycles. The topological polar surface area (TPSA) is 48.9 Å². The molecule has 2 N–H and O–H groups in total. The summed E-state index contributed by atoms with van der Waals surface area (Å²) < 4.78 is 5.17. The molecule has 0 spiro atoms. The molecular formula is C20H35IN4O. The van der Waals surface area contributed by atoms with Crippen LogP contribution < -0.4 is 10.6 Å². The summed E-state index contributed by atoms with van der Waals surface area (Å²) in [7, 11) is 1.77. The number of nitrogens with zero attached hydrogens (tertiary/aromatic N) is 2. The number of ether oxygens (including phenoxy) is 1. The Bertz CT molecular complexity index is 530. The van der Waals surface area contributed by atoms with Gasteiger partial charge in [-0.2, -0.15) is 0 Å². The summed E-state index contributed by atoms with van der Waals surface area (Å²) in [4.78, 5) is 7.29. The highest BCUT2D eigenvalue weighted by Gasteiger charge is 2.19. The van der Waals surface area contributed by atoms with Crippen LogP contribution >= 0.6 is 24.0 Å². The van der Waals surface area contributed by atoms with Crippen molar-refractivity contribution < 1.29 is 4.74 Å².